The highest BCUT2D eigenvalue weighted by atomic mass is 32.1. The Labute approximate surface area is 58.1 Å². The monoisotopic (exact) mass is 137 g/mol. The highest BCUT2D eigenvalue weighted by Crippen LogP contribution is 1.99. The maximum absolute atomic E-state index is 10.4. The lowest BCUT2D eigenvalue weighted by molar-refractivity contribution is 0.100. The molecular weight excluding hydrogens is 133 g/mol. The molecule has 0 spiro atoms. The van der Waals surface area contributed by atoms with Gasteiger partial charge in [-0.1, -0.05) is 0 Å². The Balaban J connectivity index is 3.08. The van der Waals surface area contributed by atoms with Gasteiger partial charge in [-0.25, -0.2) is 0 Å². The van der Waals surface area contributed by atoms with E-state index in [1.54, 1.807) is 11.4 Å². The maximum Gasteiger partial charge on any atom is 0.248 e. The second-order valence-electron chi connectivity index (χ2n) is 1.56. The summed E-state index contributed by atoms with van der Waals surface area (Å²) in [6.45, 7) is 0. The third kappa shape index (κ3) is 1.13. The van der Waals surface area contributed by atoms with Crippen molar-refractivity contribution in [3.8, 4) is 0 Å². The van der Waals surface area contributed by atoms with Crippen molar-refractivity contribution >= 4 is 29.9 Å². The fourth-order valence-corrected chi connectivity index (χ4v) is 1.17. The van der Waals surface area contributed by atoms with Gasteiger partial charge in [0.2, 0.25) is 5.91 Å². The minimum Gasteiger partial charge on any atom is -0.366 e. The first-order valence-electron chi connectivity index (χ1n) is 2.34. The van der Waals surface area contributed by atoms with Crippen molar-refractivity contribution in [2.45, 2.75) is 0 Å². The number of rotatable bonds is 1. The highest BCUT2D eigenvalue weighted by Gasteiger charge is 2.02. The lowest BCUT2D eigenvalue weighted by Gasteiger charge is -1.88. The van der Waals surface area contributed by atoms with E-state index in [0.29, 0.717) is 10.3 Å². The molecule has 9 heavy (non-hydrogen) atoms. The van der Waals surface area contributed by atoms with Crippen LogP contribution in [-0.2, 0) is 0 Å². The molecule has 0 saturated heterocycles. The zero-order valence-electron chi connectivity index (χ0n) is 4.63. The summed E-state index contributed by atoms with van der Waals surface area (Å²) in [5.41, 5.74) is 5.36. The minimum atomic E-state index is -0.464. The Morgan fingerprint density at radius 3 is 2.67 bits per heavy atom. The van der Waals surface area contributed by atoms with Crippen LogP contribution in [0.1, 0.15) is 10.4 Å². The molecule has 1 rings (SSSR count). The van der Waals surface area contributed by atoms with E-state index >= 15 is 0 Å². The standard InChI is InChI=1S/C5H4BNOS/c6-4-3(5(7)8)1-2-9-4/h1-2H,(H2,7,8). The SMILES string of the molecule is [B]c1sccc1C(N)=O. The van der Waals surface area contributed by atoms with E-state index in [1.807, 2.05) is 0 Å². The fraction of sp³-hybridized carbons (Fsp3) is 0. The Hall–Kier alpha value is -0.765. The smallest absolute Gasteiger partial charge is 0.248 e. The second kappa shape index (κ2) is 2.23. The Kier molecular flexibility index (Phi) is 1.57. The Morgan fingerprint density at radius 1 is 1.78 bits per heavy atom. The first-order valence-corrected chi connectivity index (χ1v) is 3.22. The number of amides is 1. The lowest BCUT2D eigenvalue weighted by Crippen LogP contribution is -2.17. The van der Waals surface area contributed by atoms with Gasteiger partial charge in [-0.15, -0.1) is 0 Å². The van der Waals surface area contributed by atoms with Gasteiger partial charge >= 0.3 is 0 Å². The zero-order chi connectivity index (χ0) is 6.85. The number of carbonyl (C=O) groups is 1. The number of hydrogen-bond donors (Lipinski definition) is 1. The van der Waals surface area contributed by atoms with E-state index in [1.165, 1.54) is 11.3 Å². The van der Waals surface area contributed by atoms with E-state index < -0.39 is 5.91 Å². The van der Waals surface area contributed by atoms with Crippen molar-refractivity contribution in [2.24, 2.45) is 5.73 Å². The van der Waals surface area contributed by atoms with Crippen molar-refractivity contribution in [2.75, 3.05) is 0 Å². The number of thiophene rings is 1. The molecule has 0 aliphatic rings. The van der Waals surface area contributed by atoms with Crippen LogP contribution in [0.15, 0.2) is 11.4 Å². The van der Waals surface area contributed by atoms with Crippen LogP contribution in [0.3, 0.4) is 0 Å². The van der Waals surface area contributed by atoms with Crippen molar-refractivity contribution in [3.05, 3.63) is 17.0 Å². The Morgan fingerprint density at radius 2 is 2.44 bits per heavy atom. The van der Waals surface area contributed by atoms with Gasteiger partial charge in [0.1, 0.15) is 7.85 Å². The molecule has 1 heterocycles. The summed E-state index contributed by atoms with van der Waals surface area (Å²) in [5.74, 6) is -0.464. The van der Waals surface area contributed by atoms with E-state index in [9.17, 15) is 4.79 Å². The van der Waals surface area contributed by atoms with Gasteiger partial charge in [-0.2, -0.15) is 11.3 Å². The van der Waals surface area contributed by atoms with Crippen molar-refractivity contribution in [1.29, 1.82) is 0 Å². The van der Waals surface area contributed by atoms with Gasteiger partial charge in [0.15, 0.2) is 0 Å². The van der Waals surface area contributed by atoms with Gasteiger partial charge in [-0.05, 0) is 16.2 Å². The van der Waals surface area contributed by atoms with E-state index in [0.717, 1.165) is 0 Å². The first-order chi connectivity index (χ1) is 4.22. The number of carbonyl (C=O) groups excluding carboxylic acids is 1. The van der Waals surface area contributed by atoms with Crippen LogP contribution in [-0.4, -0.2) is 13.8 Å². The predicted molar refractivity (Wildman–Crippen MR) is 38.2 cm³/mol. The molecule has 0 aromatic carbocycles. The number of hydrogen-bond acceptors (Lipinski definition) is 2. The molecule has 0 saturated carbocycles. The highest BCUT2D eigenvalue weighted by molar-refractivity contribution is 7.18. The summed E-state index contributed by atoms with van der Waals surface area (Å²) in [5, 5.41) is 1.73. The molecule has 0 aliphatic carbocycles. The molecule has 0 atom stereocenters. The van der Waals surface area contributed by atoms with Gasteiger partial charge in [-0.3, -0.25) is 4.79 Å². The van der Waals surface area contributed by atoms with E-state index in [-0.39, 0.29) is 0 Å². The topological polar surface area (TPSA) is 43.1 Å². The van der Waals surface area contributed by atoms with Crippen LogP contribution in [0.2, 0.25) is 0 Å². The Bertz CT molecular complexity index is 233. The summed E-state index contributed by atoms with van der Waals surface area (Å²) in [6.07, 6.45) is 0. The van der Waals surface area contributed by atoms with Crippen molar-refractivity contribution in [3.63, 3.8) is 0 Å². The summed E-state index contributed by atoms with van der Waals surface area (Å²) >= 11 is 1.31. The van der Waals surface area contributed by atoms with Gasteiger partial charge in [0, 0.05) is 5.56 Å². The molecule has 0 bridgehead atoms. The fourth-order valence-electron chi connectivity index (χ4n) is 0.525. The summed E-state index contributed by atoms with van der Waals surface area (Å²) in [7, 11) is 5.36. The molecular formula is C5H4BNOS. The van der Waals surface area contributed by atoms with Crippen LogP contribution in [0.5, 0.6) is 0 Å². The molecule has 44 valence electrons. The average Bonchev–Trinajstić information content (AvgIpc) is 2.13. The third-order valence-corrected chi connectivity index (χ3v) is 1.71. The van der Waals surface area contributed by atoms with Gasteiger partial charge in [0.25, 0.3) is 0 Å². The molecule has 0 unspecified atom stereocenters. The average molecular weight is 137 g/mol. The van der Waals surface area contributed by atoms with Crippen LogP contribution < -0.4 is 10.5 Å². The molecule has 0 fully saturated rings. The first kappa shape index (κ1) is 6.36. The molecule has 2 nitrogen and oxygen atoms in total. The molecule has 1 amide bonds. The molecule has 1 aromatic heterocycles. The van der Waals surface area contributed by atoms with Crippen molar-refractivity contribution in [1.82, 2.24) is 0 Å². The summed E-state index contributed by atoms with van der Waals surface area (Å²) < 4.78 is 0.488. The van der Waals surface area contributed by atoms with E-state index in [2.05, 4.69) is 0 Å². The van der Waals surface area contributed by atoms with Crippen LogP contribution in [0.4, 0.5) is 0 Å². The molecule has 0 aliphatic heterocycles. The number of nitrogens with two attached hydrogens (primary N) is 1. The zero-order valence-corrected chi connectivity index (χ0v) is 5.44. The van der Waals surface area contributed by atoms with Crippen molar-refractivity contribution < 1.29 is 4.79 Å². The molecule has 2 N–H and O–H groups in total. The number of primary amides is 1. The second-order valence-corrected chi connectivity index (χ2v) is 2.51. The third-order valence-electron chi connectivity index (χ3n) is 0.961. The minimum absolute atomic E-state index is 0.417. The quantitative estimate of drug-likeness (QED) is 0.527. The molecule has 1 aromatic rings. The molecule has 4 heteroatoms. The van der Waals surface area contributed by atoms with Crippen LogP contribution in [0.25, 0.3) is 0 Å². The summed E-state index contributed by atoms with van der Waals surface area (Å²) in [6, 6.07) is 1.61. The lowest BCUT2D eigenvalue weighted by atomic mass is 10.0. The molecule has 2 radical (unpaired) electrons. The van der Waals surface area contributed by atoms with Crippen LogP contribution >= 0.6 is 11.3 Å². The van der Waals surface area contributed by atoms with Gasteiger partial charge < -0.3 is 5.73 Å². The largest absolute Gasteiger partial charge is 0.366 e. The van der Waals surface area contributed by atoms with E-state index in [4.69, 9.17) is 13.6 Å². The maximum atomic E-state index is 10.4. The van der Waals surface area contributed by atoms with Gasteiger partial charge in [0.05, 0.1) is 0 Å². The summed E-state index contributed by atoms with van der Waals surface area (Å²) in [4.78, 5) is 10.4. The predicted octanol–water partition coefficient (Wildman–Crippen LogP) is -0.359. The van der Waals surface area contributed by atoms with Crippen LogP contribution in [0, 0.1) is 0 Å². The normalized spacial score (nSPS) is 9.33.